The first-order chi connectivity index (χ1) is 13.6. The van der Waals surface area contributed by atoms with Crippen molar-refractivity contribution < 1.29 is 14.3 Å². The van der Waals surface area contributed by atoms with Crippen molar-refractivity contribution >= 4 is 45.9 Å². The molecule has 28 heavy (non-hydrogen) atoms. The number of fused-ring (bicyclic) bond motifs is 2. The van der Waals surface area contributed by atoms with Gasteiger partial charge in [-0.3, -0.25) is 9.78 Å². The van der Waals surface area contributed by atoms with Crippen LogP contribution in [0.25, 0.3) is 4.91 Å². The van der Waals surface area contributed by atoms with Crippen LogP contribution in [-0.2, 0) is 11.2 Å². The SMILES string of the molecule is O=C1NC2C=C(c3ccccc3Cl)SC2C(=O)N1c1cncc2c1CCCO2. The van der Waals surface area contributed by atoms with Crippen LogP contribution in [0.4, 0.5) is 10.5 Å². The number of anilines is 1. The number of ether oxygens (including phenoxy) is 1. The first-order valence-electron chi connectivity index (χ1n) is 9.01. The van der Waals surface area contributed by atoms with Crippen LogP contribution in [0, 0.1) is 0 Å². The van der Waals surface area contributed by atoms with Gasteiger partial charge in [0.15, 0.2) is 0 Å². The molecule has 1 fully saturated rings. The van der Waals surface area contributed by atoms with Gasteiger partial charge >= 0.3 is 6.03 Å². The molecule has 3 amide bonds. The fourth-order valence-corrected chi connectivity index (χ4v) is 5.35. The molecule has 0 radical (unpaired) electrons. The lowest BCUT2D eigenvalue weighted by molar-refractivity contribution is -0.118. The number of hydrogen-bond donors (Lipinski definition) is 1. The van der Waals surface area contributed by atoms with Crippen LogP contribution in [0.2, 0.25) is 5.02 Å². The molecule has 8 heteroatoms. The van der Waals surface area contributed by atoms with E-state index in [9.17, 15) is 9.59 Å². The van der Waals surface area contributed by atoms with E-state index in [2.05, 4.69) is 10.3 Å². The molecule has 3 aliphatic heterocycles. The molecule has 1 N–H and O–H groups in total. The minimum atomic E-state index is -0.440. The lowest BCUT2D eigenvalue weighted by Gasteiger charge is -2.34. The zero-order valence-corrected chi connectivity index (χ0v) is 16.3. The van der Waals surface area contributed by atoms with E-state index in [1.54, 1.807) is 12.4 Å². The average Bonchev–Trinajstić information content (AvgIpc) is 3.12. The molecule has 1 aromatic carbocycles. The summed E-state index contributed by atoms with van der Waals surface area (Å²) in [5.74, 6) is 0.387. The molecule has 0 saturated carbocycles. The number of nitrogens with zero attached hydrogens (tertiary/aromatic N) is 2. The number of carbonyl (C=O) groups excluding carboxylic acids is 2. The zero-order chi connectivity index (χ0) is 19.3. The number of rotatable bonds is 2. The first-order valence-corrected chi connectivity index (χ1v) is 10.3. The highest BCUT2D eigenvalue weighted by Gasteiger charge is 2.46. The summed E-state index contributed by atoms with van der Waals surface area (Å²) < 4.78 is 5.64. The standard InChI is InChI=1S/C20H16ClN3O3S/c21-13-6-2-1-4-11(13)17-8-14-18(28-17)19(25)24(20(26)23-14)15-9-22-10-16-12(15)5-3-7-27-16/h1-2,4,6,8-10,14,18H,3,5,7H2,(H,23,26). The summed E-state index contributed by atoms with van der Waals surface area (Å²) in [7, 11) is 0. The van der Waals surface area contributed by atoms with Gasteiger partial charge < -0.3 is 10.1 Å². The van der Waals surface area contributed by atoms with Crippen LogP contribution in [-0.4, -0.2) is 34.8 Å². The quantitative estimate of drug-likeness (QED) is 0.813. The number of thioether (sulfide) groups is 1. The summed E-state index contributed by atoms with van der Waals surface area (Å²) in [6, 6.07) is 6.69. The topological polar surface area (TPSA) is 71.5 Å². The number of carbonyl (C=O) groups is 2. The van der Waals surface area contributed by atoms with E-state index in [0.29, 0.717) is 23.1 Å². The molecule has 1 saturated heterocycles. The molecule has 4 heterocycles. The summed E-state index contributed by atoms with van der Waals surface area (Å²) in [5, 5.41) is 3.12. The molecular formula is C20H16ClN3O3S. The second-order valence-corrected chi connectivity index (χ2v) is 8.38. The Bertz CT molecular complexity index is 1030. The van der Waals surface area contributed by atoms with Crippen molar-refractivity contribution in [3.63, 3.8) is 0 Å². The van der Waals surface area contributed by atoms with E-state index in [-0.39, 0.29) is 11.9 Å². The molecular weight excluding hydrogens is 398 g/mol. The molecule has 3 aliphatic rings. The van der Waals surface area contributed by atoms with Crippen molar-refractivity contribution in [1.82, 2.24) is 10.3 Å². The molecule has 2 atom stereocenters. The van der Waals surface area contributed by atoms with Gasteiger partial charge in [-0.2, -0.15) is 0 Å². The molecule has 142 valence electrons. The van der Waals surface area contributed by atoms with E-state index in [0.717, 1.165) is 28.9 Å². The molecule has 0 bridgehead atoms. The van der Waals surface area contributed by atoms with Gasteiger partial charge in [-0.15, -0.1) is 11.8 Å². The number of halogens is 1. The van der Waals surface area contributed by atoms with Crippen LogP contribution in [0.5, 0.6) is 5.75 Å². The maximum Gasteiger partial charge on any atom is 0.329 e. The Labute approximate surface area is 170 Å². The minimum absolute atomic E-state index is 0.252. The van der Waals surface area contributed by atoms with Crippen LogP contribution < -0.4 is 15.0 Å². The number of nitrogens with one attached hydrogen (secondary N) is 1. The van der Waals surface area contributed by atoms with Crippen molar-refractivity contribution in [2.75, 3.05) is 11.5 Å². The molecule has 2 aromatic rings. The van der Waals surface area contributed by atoms with E-state index in [1.165, 1.54) is 16.7 Å². The van der Waals surface area contributed by atoms with Crippen LogP contribution in [0.3, 0.4) is 0 Å². The summed E-state index contributed by atoms with van der Waals surface area (Å²) in [4.78, 5) is 32.3. The molecule has 1 aromatic heterocycles. The normalized spacial score (nSPS) is 23.5. The Morgan fingerprint density at radius 1 is 1.25 bits per heavy atom. The summed E-state index contributed by atoms with van der Waals surface area (Å²) >= 11 is 7.74. The number of hydrogen-bond acceptors (Lipinski definition) is 5. The van der Waals surface area contributed by atoms with Gasteiger partial charge in [-0.05, 0) is 25.0 Å². The largest absolute Gasteiger partial charge is 0.492 e. The smallest absolute Gasteiger partial charge is 0.329 e. The molecule has 0 spiro atoms. The van der Waals surface area contributed by atoms with E-state index < -0.39 is 11.3 Å². The number of amides is 3. The summed E-state index contributed by atoms with van der Waals surface area (Å²) in [6.45, 7) is 0.615. The van der Waals surface area contributed by atoms with Gasteiger partial charge in [-0.25, -0.2) is 9.69 Å². The van der Waals surface area contributed by atoms with Crippen molar-refractivity contribution in [3.8, 4) is 5.75 Å². The van der Waals surface area contributed by atoms with Crippen molar-refractivity contribution in [1.29, 1.82) is 0 Å². The fraction of sp³-hybridized carbons (Fsp3) is 0.250. The van der Waals surface area contributed by atoms with E-state index >= 15 is 0 Å². The number of urea groups is 1. The number of benzene rings is 1. The average molecular weight is 414 g/mol. The minimum Gasteiger partial charge on any atom is -0.492 e. The number of aromatic nitrogens is 1. The van der Waals surface area contributed by atoms with Crippen molar-refractivity contribution in [2.45, 2.75) is 24.1 Å². The van der Waals surface area contributed by atoms with Gasteiger partial charge in [-0.1, -0.05) is 29.8 Å². The Hall–Kier alpha value is -2.51. The zero-order valence-electron chi connectivity index (χ0n) is 14.7. The third-order valence-electron chi connectivity index (χ3n) is 5.07. The van der Waals surface area contributed by atoms with Gasteiger partial charge in [0.05, 0.1) is 30.7 Å². The van der Waals surface area contributed by atoms with E-state index in [4.69, 9.17) is 16.3 Å². The third-order valence-corrected chi connectivity index (χ3v) is 6.76. The van der Waals surface area contributed by atoms with Gasteiger partial charge in [0.1, 0.15) is 11.0 Å². The van der Waals surface area contributed by atoms with Gasteiger partial charge in [0.25, 0.3) is 5.91 Å². The molecule has 6 nitrogen and oxygen atoms in total. The Morgan fingerprint density at radius 3 is 2.96 bits per heavy atom. The van der Waals surface area contributed by atoms with Gasteiger partial charge in [0.2, 0.25) is 0 Å². The Morgan fingerprint density at radius 2 is 2.11 bits per heavy atom. The Kier molecular flexibility index (Phi) is 4.29. The summed E-state index contributed by atoms with van der Waals surface area (Å²) in [6.07, 6.45) is 6.69. The maximum atomic E-state index is 13.3. The van der Waals surface area contributed by atoms with E-state index in [1.807, 2.05) is 30.3 Å². The number of imide groups is 1. The first kappa shape index (κ1) is 17.6. The Balaban J connectivity index is 1.48. The van der Waals surface area contributed by atoms with Crippen molar-refractivity contribution in [3.05, 3.63) is 58.9 Å². The molecule has 0 aliphatic carbocycles. The number of pyridine rings is 1. The van der Waals surface area contributed by atoms with Crippen LogP contribution in [0.15, 0.2) is 42.7 Å². The predicted molar refractivity (Wildman–Crippen MR) is 109 cm³/mol. The highest BCUT2D eigenvalue weighted by Crippen LogP contribution is 2.45. The van der Waals surface area contributed by atoms with Gasteiger partial charge in [0, 0.05) is 21.1 Å². The lowest BCUT2D eigenvalue weighted by atomic mass is 10.0. The third kappa shape index (κ3) is 2.77. The summed E-state index contributed by atoms with van der Waals surface area (Å²) in [5.41, 5.74) is 2.22. The monoisotopic (exact) mass is 413 g/mol. The highest BCUT2D eigenvalue weighted by molar-refractivity contribution is 8.09. The predicted octanol–water partition coefficient (Wildman–Crippen LogP) is 3.64. The fourth-order valence-electron chi connectivity index (χ4n) is 3.76. The second-order valence-electron chi connectivity index (χ2n) is 6.79. The van der Waals surface area contributed by atoms with Crippen molar-refractivity contribution in [2.24, 2.45) is 0 Å². The molecule has 2 unspecified atom stereocenters. The molecule has 5 rings (SSSR count). The highest BCUT2D eigenvalue weighted by atomic mass is 35.5. The van der Waals surface area contributed by atoms with Crippen LogP contribution >= 0.6 is 23.4 Å². The second kappa shape index (κ2) is 6.83. The maximum absolute atomic E-state index is 13.3. The lowest BCUT2D eigenvalue weighted by Crippen LogP contribution is -2.60. The van der Waals surface area contributed by atoms with Crippen LogP contribution in [0.1, 0.15) is 17.5 Å².